The van der Waals surface area contributed by atoms with Crippen LogP contribution >= 0.6 is 31.9 Å². The summed E-state index contributed by atoms with van der Waals surface area (Å²) in [6.07, 6.45) is 0. The first-order valence-electron chi connectivity index (χ1n) is 9.20. The third-order valence-corrected chi connectivity index (χ3v) is 6.52. The monoisotopic (exact) mass is 510 g/mol. The molecular formula is C21H25BBr2O4. The molecule has 0 radical (unpaired) electrons. The van der Waals surface area contributed by atoms with Gasteiger partial charge < -0.3 is 19.2 Å². The van der Waals surface area contributed by atoms with Gasteiger partial charge in [-0.25, -0.2) is 0 Å². The van der Waals surface area contributed by atoms with Gasteiger partial charge in [-0.1, -0.05) is 56.1 Å². The van der Waals surface area contributed by atoms with Crippen LogP contribution in [0, 0.1) is 0 Å². The lowest BCUT2D eigenvalue weighted by Gasteiger charge is -2.36. The topological polar surface area (TPSA) is 47.9 Å². The average molecular weight is 512 g/mol. The molecule has 0 amide bonds. The molecule has 4 rings (SSSR count). The lowest BCUT2D eigenvalue weighted by Crippen LogP contribution is -2.46. The zero-order valence-corrected chi connectivity index (χ0v) is 19.7. The minimum absolute atomic E-state index is 0.337. The first-order chi connectivity index (χ1) is 13.0. The summed E-state index contributed by atoms with van der Waals surface area (Å²) in [5, 5.41) is 10.2. The van der Waals surface area contributed by atoms with Gasteiger partial charge in [0.15, 0.2) is 0 Å². The zero-order chi connectivity index (χ0) is 20.6. The van der Waals surface area contributed by atoms with Gasteiger partial charge in [0, 0.05) is 8.95 Å². The van der Waals surface area contributed by atoms with Gasteiger partial charge in [0.1, 0.15) is 5.60 Å². The summed E-state index contributed by atoms with van der Waals surface area (Å²) in [5.74, 6) is 0. The number of aliphatic hydroxyl groups is 1. The maximum absolute atomic E-state index is 10.2. The van der Waals surface area contributed by atoms with Crippen molar-refractivity contribution >= 4 is 44.4 Å². The Balaban J connectivity index is 0.000000236. The smallest absolute Gasteiger partial charge is 0.399 e. The summed E-state index contributed by atoms with van der Waals surface area (Å²) in [6.45, 7) is 8.88. The Morgan fingerprint density at radius 2 is 1.21 bits per heavy atom. The predicted molar refractivity (Wildman–Crippen MR) is 119 cm³/mol. The highest BCUT2D eigenvalue weighted by molar-refractivity contribution is 9.11. The number of halogens is 2. The number of hydrogen-bond acceptors (Lipinski definition) is 4. The van der Waals surface area contributed by atoms with Crippen LogP contribution in [0.2, 0.25) is 0 Å². The standard InChI is InChI=1S/C15H21BO4.C6H4Br2/c1-13(2)14(3,4)20-16(19-13)12-7-5-11(6-8-12)15(17)9-18-10-15;7-5-1-2-6(8)4-3-5/h5-8,17H,9-10H2,1-4H3;1-4H. The Kier molecular flexibility index (Phi) is 6.45. The van der Waals surface area contributed by atoms with Crippen molar-refractivity contribution in [3.8, 4) is 0 Å². The molecule has 2 saturated heterocycles. The minimum Gasteiger partial charge on any atom is -0.399 e. The van der Waals surface area contributed by atoms with Crippen LogP contribution < -0.4 is 5.46 Å². The molecule has 4 nitrogen and oxygen atoms in total. The van der Waals surface area contributed by atoms with Gasteiger partial charge in [-0.05, 0) is 63.0 Å². The summed E-state index contributed by atoms with van der Waals surface area (Å²) in [4.78, 5) is 0. The summed E-state index contributed by atoms with van der Waals surface area (Å²) in [6, 6.07) is 15.7. The molecule has 28 heavy (non-hydrogen) atoms. The molecule has 2 aliphatic rings. The lowest BCUT2D eigenvalue weighted by atomic mass is 9.77. The molecule has 7 heteroatoms. The SMILES string of the molecule is Brc1ccc(Br)cc1.CC1(C)OB(c2ccc(C3(O)COC3)cc2)OC1(C)C. The lowest BCUT2D eigenvalue weighted by molar-refractivity contribution is -0.184. The van der Waals surface area contributed by atoms with E-state index in [0.717, 1.165) is 20.0 Å². The number of hydrogen-bond donors (Lipinski definition) is 1. The van der Waals surface area contributed by atoms with E-state index in [1.54, 1.807) is 0 Å². The van der Waals surface area contributed by atoms with Crippen molar-refractivity contribution in [1.29, 1.82) is 0 Å². The number of ether oxygens (including phenoxy) is 1. The second kappa shape index (κ2) is 8.21. The van der Waals surface area contributed by atoms with Crippen molar-refractivity contribution in [2.24, 2.45) is 0 Å². The highest BCUT2D eigenvalue weighted by Gasteiger charge is 2.51. The summed E-state index contributed by atoms with van der Waals surface area (Å²) >= 11 is 6.65. The van der Waals surface area contributed by atoms with E-state index in [2.05, 4.69) is 31.9 Å². The molecule has 1 N–H and O–H groups in total. The van der Waals surface area contributed by atoms with Gasteiger partial charge in [0.2, 0.25) is 0 Å². The fourth-order valence-electron chi connectivity index (χ4n) is 2.82. The van der Waals surface area contributed by atoms with E-state index in [9.17, 15) is 5.11 Å². The van der Waals surface area contributed by atoms with Crippen molar-refractivity contribution in [3.05, 3.63) is 63.0 Å². The fourth-order valence-corrected chi connectivity index (χ4v) is 3.35. The molecule has 2 heterocycles. The molecule has 0 aromatic heterocycles. The second-order valence-electron chi connectivity index (χ2n) is 8.17. The quantitative estimate of drug-likeness (QED) is 0.607. The normalized spacial score (nSPS) is 21.5. The van der Waals surface area contributed by atoms with Gasteiger partial charge in [0.05, 0.1) is 24.4 Å². The molecule has 0 spiro atoms. The van der Waals surface area contributed by atoms with E-state index in [1.807, 2.05) is 76.2 Å². The molecule has 0 bridgehead atoms. The fraction of sp³-hybridized carbons (Fsp3) is 0.429. The van der Waals surface area contributed by atoms with Crippen LogP contribution in [0.1, 0.15) is 33.3 Å². The molecule has 150 valence electrons. The van der Waals surface area contributed by atoms with Gasteiger partial charge in [-0.2, -0.15) is 0 Å². The Labute approximate surface area is 184 Å². The molecule has 2 fully saturated rings. The van der Waals surface area contributed by atoms with E-state index < -0.39 is 5.60 Å². The molecule has 0 atom stereocenters. The Hall–Kier alpha value is -0.695. The third kappa shape index (κ3) is 4.72. The number of benzene rings is 2. The molecule has 2 aliphatic heterocycles. The second-order valence-corrected chi connectivity index (χ2v) is 10.0. The molecule has 0 saturated carbocycles. The van der Waals surface area contributed by atoms with E-state index in [0.29, 0.717) is 13.2 Å². The maximum Gasteiger partial charge on any atom is 0.494 e. The van der Waals surface area contributed by atoms with Crippen LogP contribution in [0.5, 0.6) is 0 Å². The predicted octanol–water partition coefficient (Wildman–Crippen LogP) is 4.42. The molecular weight excluding hydrogens is 487 g/mol. The maximum atomic E-state index is 10.2. The van der Waals surface area contributed by atoms with Crippen molar-refractivity contribution < 1.29 is 19.2 Å². The van der Waals surface area contributed by atoms with Gasteiger partial charge in [-0.3, -0.25) is 0 Å². The Morgan fingerprint density at radius 3 is 1.57 bits per heavy atom. The van der Waals surface area contributed by atoms with Crippen molar-refractivity contribution in [2.75, 3.05) is 13.2 Å². The summed E-state index contributed by atoms with van der Waals surface area (Å²) < 4.78 is 19.3. The van der Waals surface area contributed by atoms with E-state index in [1.165, 1.54) is 0 Å². The van der Waals surface area contributed by atoms with Gasteiger partial charge in [-0.15, -0.1) is 0 Å². The zero-order valence-electron chi connectivity index (χ0n) is 16.5. The average Bonchev–Trinajstić information content (AvgIpc) is 2.84. The van der Waals surface area contributed by atoms with E-state index in [4.69, 9.17) is 14.0 Å². The highest BCUT2D eigenvalue weighted by atomic mass is 79.9. The van der Waals surface area contributed by atoms with Crippen LogP contribution in [0.4, 0.5) is 0 Å². The van der Waals surface area contributed by atoms with Crippen molar-refractivity contribution in [3.63, 3.8) is 0 Å². The van der Waals surface area contributed by atoms with Crippen LogP contribution in [0.3, 0.4) is 0 Å². The highest BCUT2D eigenvalue weighted by Crippen LogP contribution is 2.36. The third-order valence-electron chi connectivity index (χ3n) is 5.46. The van der Waals surface area contributed by atoms with Crippen LogP contribution in [-0.4, -0.2) is 36.6 Å². The first kappa shape index (κ1) is 22.0. The van der Waals surface area contributed by atoms with Crippen LogP contribution in [-0.2, 0) is 19.6 Å². The summed E-state index contributed by atoms with van der Waals surface area (Å²) in [5.41, 5.74) is 0.349. The van der Waals surface area contributed by atoms with Gasteiger partial charge >= 0.3 is 7.12 Å². The Morgan fingerprint density at radius 1 is 0.786 bits per heavy atom. The Bertz CT molecular complexity index is 765. The van der Waals surface area contributed by atoms with Gasteiger partial charge in [0.25, 0.3) is 0 Å². The molecule has 2 aromatic rings. The number of rotatable bonds is 2. The van der Waals surface area contributed by atoms with E-state index >= 15 is 0 Å². The van der Waals surface area contributed by atoms with Crippen molar-refractivity contribution in [1.82, 2.24) is 0 Å². The molecule has 0 aliphatic carbocycles. The summed E-state index contributed by atoms with van der Waals surface area (Å²) in [7, 11) is -0.360. The van der Waals surface area contributed by atoms with Crippen molar-refractivity contribution in [2.45, 2.75) is 44.5 Å². The van der Waals surface area contributed by atoms with Crippen LogP contribution in [0.15, 0.2) is 57.5 Å². The van der Waals surface area contributed by atoms with E-state index in [-0.39, 0.29) is 18.3 Å². The molecule has 0 unspecified atom stereocenters. The molecule has 2 aromatic carbocycles. The van der Waals surface area contributed by atoms with Crippen LogP contribution in [0.25, 0.3) is 0 Å². The largest absolute Gasteiger partial charge is 0.494 e. The first-order valence-corrected chi connectivity index (χ1v) is 10.8. The minimum atomic E-state index is -0.825.